The lowest BCUT2D eigenvalue weighted by molar-refractivity contribution is -0.140. The normalized spacial score (nSPS) is 9.89. The van der Waals surface area contributed by atoms with Crippen LogP contribution in [-0.4, -0.2) is 25.5 Å². The first-order valence-electron chi connectivity index (χ1n) is 6.07. The molecule has 98 valence electrons. The zero-order valence-corrected chi connectivity index (χ0v) is 10.9. The van der Waals surface area contributed by atoms with Crippen molar-refractivity contribution in [2.45, 2.75) is 26.2 Å². The Bertz CT molecular complexity index is 398. The Morgan fingerprint density at radius 2 is 1.78 bits per heavy atom. The molecule has 0 radical (unpaired) electrons. The van der Waals surface area contributed by atoms with Crippen LogP contribution in [0.15, 0.2) is 24.3 Å². The largest absolute Gasteiger partial charge is 0.469 e. The molecule has 0 fully saturated rings. The van der Waals surface area contributed by atoms with Crippen LogP contribution in [0.4, 0.5) is 0 Å². The number of ether oxygens (including phenoxy) is 1. The van der Waals surface area contributed by atoms with Crippen LogP contribution in [0.3, 0.4) is 0 Å². The van der Waals surface area contributed by atoms with Crippen LogP contribution in [0.1, 0.15) is 24.5 Å². The molecular formula is C14H19NO3. The lowest BCUT2D eigenvalue weighted by Gasteiger charge is -2.04. The number of esters is 1. The van der Waals surface area contributed by atoms with E-state index < -0.39 is 0 Å². The molecule has 0 aromatic heterocycles. The maximum Gasteiger partial charge on any atom is 0.305 e. The van der Waals surface area contributed by atoms with Gasteiger partial charge in [-0.25, -0.2) is 0 Å². The summed E-state index contributed by atoms with van der Waals surface area (Å²) in [4.78, 5) is 22.4. The summed E-state index contributed by atoms with van der Waals surface area (Å²) in [5.41, 5.74) is 2.04. The first-order valence-corrected chi connectivity index (χ1v) is 6.07. The lowest BCUT2D eigenvalue weighted by atomic mass is 10.1. The maximum atomic E-state index is 11.4. The Labute approximate surface area is 107 Å². The number of benzene rings is 1. The molecule has 1 aromatic rings. The second kappa shape index (κ2) is 7.48. The number of methoxy groups -OCH3 is 1. The van der Waals surface area contributed by atoms with Gasteiger partial charge in [-0.2, -0.15) is 0 Å². The molecule has 1 N–H and O–H groups in total. The van der Waals surface area contributed by atoms with Gasteiger partial charge in [-0.05, 0) is 24.5 Å². The molecule has 1 rings (SSSR count). The minimum Gasteiger partial charge on any atom is -0.469 e. The Morgan fingerprint density at radius 1 is 1.17 bits per heavy atom. The summed E-state index contributed by atoms with van der Waals surface area (Å²) in [7, 11) is 1.39. The molecule has 0 atom stereocenters. The highest BCUT2D eigenvalue weighted by Crippen LogP contribution is 2.08. The van der Waals surface area contributed by atoms with Gasteiger partial charge in [0.2, 0.25) is 5.91 Å². The SMILES string of the molecule is CCNC(=O)Cc1ccc(CCC(=O)OC)cc1. The number of nitrogens with one attached hydrogen (secondary N) is 1. The van der Waals surface area contributed by atoms with Crippen LogP contribution in [0, 0.1) is 0 Å². The number of aryl methyl sites for hydroxylation is 1. The summed E-state index contributed by atoms with van der Waals surface area (Å²) in [6.07, 6.45) is 1.44. The molecule has 4 heteroatoms. The smallest absolute Gasteiger partial charge is 0.305 e. The summed E-state index contributed by atoms with van der Waals surface area (Å²) in [5, 5.41) is 2.76. The van der Waals surface area contributed by atoms with Gasteiger partial charge in [0.05, 0.1) is 13.5 Å². The average Bonchev–Trinajstić information content (AvgIpc) is 2.37. The predicted molar refractivity (Wildman–Crippen MR) is 69.2 cm³/mol. The van der Waals surface area contributed by atoms with Crippen molar-refractivity contribution in [1.29, 1.82) is 0 Å². The van der Waals surface area contributed by atoms with E-state index in [9.17, 15) is 9.59 Å². The van der Waals surface area contributed by atoms with Crippen LogP contribution in [-0.2, 0) is 27.2 Å². The number of likely N-dealkylation sites (N-methyl/N-ethyl adjacent to an activating group) is 1. The molecule has 1 aromatic carbocycles. The van der Waals surface area contributed by atoms with Gasteiger partial charge < -0.3 is 10.1 Å². The van der Waals surface area contributed by atoms with Crippen LogP contribution < -0.4 is 5.32 Å². The predicted octanol–water partition coefficient (Wildman–Crippen LogP) is 1.47. The van der Waals surface area contributed by atoms with Crippen molar-refractivity contribution in [3.63, 3.8) is 0 Å². The van der Waals surface area contributed by atoms with Crippen molar-refractivity contribution in [2.75, 3.05) is 13.7 Å². The zero-order valence-electron chi connectivity index (χ0n) is 10.9. The van der Waals surface area contributed by atoms with Crippen molar-refractivity contribution in [2.24, 2.45) is 0 Å². The summed E-state index contributed by atoms with van der Waals surface area (Å²) in [6, 6.07) is 7.72. The molecule has 4 nitrogen and oxygen atoms in total. The van der Waals surface area contributed by atoms with Crippen molar-refractivity contribution >= 4 is 11.9 Å². The summed E-state index contributed by atoms with van der Waals surface area (Å²) < 4.78 is 4.58. The molecule has 0 aliphatic heterocycles. The number of carbonyl (C=O) groups excluding carboxylic acids is 2. The Morgan fingerprint density at radius 3 is 2.33 bits per heavy atom. The van der Waals surface area contributed by atoms with Gasteiger partial charge in [-0.1, -0.05) is 24.3 Å². The lowest BCUT2D eigenvalue weighted by Crippen LogP contribution is -2.24. The highest BCUT2D eigenvalue weighted by Gasteiger charge is 2.04. The molecule has 0 aliphatic rings. The second-order valence-electron chi connectivity index (χ2n) is 4.02. The monoisotopic (exact) mass is 249 g/mol. The van der Waals surface area contributed by atoms with E-state index in [2.05, 4.69) is 10.1 Å². The highest BCUT2D eigenvalue weighted by atomic mass is 16.5. The van der Waals surface area contributed by atoms with Gasteiger partial charge in [0.25, 0.3) is 0 Å². The summed E-state index contributed by atoms with van der Waals surface area (Å²) in [6.45, 7) is 2.55. The zero-order chi connectivity index (χ0) is 13.4. The molecular weight excluding hydrogens is 230 g/mol. The quantitative estimate of drug-likeness (QED) is 0.777. The third-order valence-electron chi connectivity index (χ3n) is 2.61. The van der Waals surface area contributed by atoms with Crippen LogP contribution >= 0.6 is 0 Å². The standard InChI is InChI=1S/C14H19NO3/c1-3-15-13(16)10-12-6-4-11(5-7-12)8-9-14(17)18-2/h4-7H,3,8-10H2,1-2H3,(H,15,16). The molecule has 1 amide bonds. The molecule has 0 unspecified atom stereocenters. The molecule has 0 heterocycles. The van der Waals surface area contributed by atoms with Crippen molar-refractivity contribution < 1.29 is 14.3 Å². The van der Waals surface area contributed by atoms with Gasteiger partial charge in [-0.3, -0.25) is 9.59 Å². The molecule has 0 saturated carbocycles. The van der Waals surface area contributed by atoms with Crippen LogP contribution in [0.25, 0.3) is 0 Å². The van der Waals surface area contributed by atoms with E-state index >= 15 is 0 Å². The van der Waals surface area contributed by atoms with E-state index in [-0.39, 0.29) is 11.9 Å². The average molecular weight is 249 g/mol. The molecule has 0 saturated heterocycles. The number of hydrogen-bond acceptors (Lipinski definition) is 3. The van der Waals surface area contributed by atoms with Gasteiger partial charge in [0, 0.05) is 13.0 Å². The van der Waals surface area contributed by atoms with Gasteiger partial charge in [0.15, 0.2) is 0 Å². The van der Waals surface area contributed by atoms with Crippen molar-refractivity contribution in [3.8, 4) is 0 Å². The maximum absolute atomic E-state index is 11.4. The molecule has 0 spiro atoms. The van der Waals surface area contributed by atoms with Gasteiger partial charge in [-0.15, -0.1) is 0 Å². The fraction of sp³-hybridized carbons (Fsp3) is 0.429. The van der Waals surface area contributed by atoms with E-state index in [1.54, 1.807) is 0 Å². The van der Waals surface area contributed by atoms with Crippen LogP contribution in [0.2, 0.25) is 0 Å². The van der Waals surface area contributed by atoms with E-state index in [1.807, 2.05) is 31.2 Å². The van der Waals surface area contributed by atoms with E-state index in [0.717, 1.165) is 11.1 Å². The number of amides is 1. The first kappa shape index (κ1) is 14.2. The van der Waals surface area contributed by atoms with E-state index in [4.69, 9.17) is 0 Å². The van der Waals surface area contributed by atoms with E-state index in [0.29, 0.717) is 25.8 Å². The molecule has 18 heavy (non-hydrogen) atoms. The minimum absolute atomic E-state index is 0.0276. The summed E-state index contributed by atoms with van der Waals surface area (Å²) in [5.74, 6) is -0.179. The molecule has 0 bridgehead atoms. The molecule has 0 aliphatic carbocycles. The Balaban J connectivity index is 2.47. The van der Waals surface area contributed by atoms with Gasteiger partial charge >= 0.3 is 5.97 Å². The highest BCUT2D eigenvalue weighted by molar-refractivity contribution is 5.78. The summed E-state index contributed by atoms with van der Waals surface area (Å²) >= 11 is 0. The Hall–Kier alpha value is -1.84. The van der Waals surface area contributed by atoms with E-state index in [1.165, 1.54) is 7.11 Å². The topological polar surface area (TPSA) is 55.4 Å². The van der Waals surface area contributed by atoms with Gasteiger partial charge in [0.1, 0.15) is 0 Å². The Kier molecular flexibility index (Phi) is 5.91. The third-order valence-corrected chi connectivity index (χ3v) is 2.61. The minimum atomic E-state index is -0.207. The number of carbonyl (C=O) groups is 2. The first-order chi connectivity index (χ1) is 8.65. The number of hydrogen-bond donors (Lipinski definition) is 1. The number of rotatable bonds is 6. The van der Waals surface area contributed by atoms with Crippen molar-refractivity contribution in [3.05, 3.63) is 35.4 Å². The fourth-order valence-electron chi connectivity index (χ4n) is 1.62. The van der Waals surface area contributed by atoms with Crippen molar-refractivity contribution in [1.82, 2.24) is 5.32 Å². The second-order valence-corrected chi connectivity index (χ2v) is 4.02. The third kappa shape index (κ3) is 4.99. The van der Waals surface area contributed by atoms with Crippen LogP contribution in [0.5, 0.6) is 0 Å². The fourth-order valence-corrected chi connectivity index (χ4v) is 1.62.